The zero-order valence-corrected chi connectivity index (χ0v) is 24.1. The van der Waals surface area contributed by atoms with Crippen LogP contribution in [0.4, 0.5) is 0 Å². The van der Waals surface area contributed by atoms with Crippen LogP contribution in [0.1, 0.15) is 29.2 Å². The van der Waals surface area contributed by atoms with Gasteiger partial charge in [0, 0.05) is 27.7 Å². The van der Waals surface area contributed by atoms with Crippen molar-refractivity contribution in [3.05, 3.63) is 114 Å². The first-order valence-corrected chi connectivity index (χ1v) is 15.4. The highest BCUT2D eigenvalue weighted by Gasteiger charge is 2.16. The molecular formula is C35H28N4S2. The second kappa shape index (κ2) is 11.3. The monoisotopic (exact) mass is 568 g/mol. The van der Waals surface area contributed by atoms with Crippen molar-refractivity contribution in [2.24, 2.45) is 0 Å². The van der Waals surface area contributed by atoms with Crippen molar-refractivity contribution >= 4 is 70.8 Å². The molecule has 0 radical (unpaired) electrons. The first kappa shape index (κ1) is 25.7. The van der Waals surface area contributed by atoms with Gasteiger partial charge in [-0.3, -0.25) is 0 Å². The van der Waals surface area contributed by atoms with E-state index in [1.54, 1.807) is 0 Å². The number of aromatic nitrogens is 4. The number of hydrogen-bond donors (Lipinski definition) is 3. The van der Waals surface area contributed by atoms with Crippen LogP contribution in [0.15, 0.2) is 95.9 Å². The van der Waals surface area contributed by atoms with Crippen molar-refractivity contribution in [2.75, 3.05) is 11.5 Å². The van der Waals surface area contributed by atoms with E-state index in [2.05, 4.69) is 126 Å². The smallest absolute Gasteiger partial charge is 0.0794 e. The van der Waals surface area contributed by atoms with Gasteiger partial charge in [0.05, 0.1) is 33.2 Å². The fourth-order valence-electron chi connectivity index (χ4n) is 5.32. The summed E-state index contributed by atoms with van der Waals surface area (Å²) in [4.78, 5) is 18.8. The SMILES string of the molecule is SCCCSc1c2nc(c(-c3ccccc3)c3ccc(cc4nc(c(-c5ccccc5)c5ccc1[nH]5)C=C4)[nH]3)C=C2. The first-order valence-electron chi connectivity index (χ1n) is 13.7. The van der Waals surface area contributed by atoms with Gasteiger partial charge in [0.25, 0.3) is 0 Å². The van der Waals surface area contributed by atoms with Crippen LogP contribution in [0.3, 0.4) is 0 Å². The Labute approximate surface area is 248 Å². The number of nitrogens with zero attached hydrogens (tertiary/aromatic N) is 2. The summed E-state index contributed by atoms with van der Waals surface area (Å²) in [7, 11) is 0. The predicted molar refractivity (Wildman–Crippen MR) is 179 cm³/mol. The maximum Gasteiger partial charge on any atom is 0.0794 e. The Kier molecular flexibility index (Phi) is 7.09. The molecule has 0 aliphatic carbocycles. The summed E-state index contributed by atoms with van der Waals surface area (Å²) < 4.78 is 0. The third kappa shape index (κ3) is 5.17. The van der Waals surface area contributed by atoms with Crippen LogP contribution in [-0.2, 0) is 0 Å². The summed E-state index contributed by atoms with van der Waals surface area (Å²) >= 11 is 6.28. The molecule has 2 aliphatic rings. The maximum absolute atomic E-state index is 5.23. The molecular weight excluding hydrogens is 541 g/mol. The number of aromatic amines is 2. The molecule has 0 fully saturated rings. The number of thioether (sulfide) groups is 1. The van der Waals surface area contributed by atoms with Crippen molar-refractivity contribution in [3.63, 3.8) is 0 Å². The molecule has 8 bridgehead atoms. The van der Waals surface area contributed by atoms with Crippen LogP contribution in [0.2, 0.25) is 0 Å². The summed E-state index contributed by atoms with van der Waals surface area (Å²) in [5, 5.41) is 0. The average molecular weight is 569 g/mol. The van der Waals surface area contributed by atoms with Crippen molar-refractivity contribution in [3.8, 4) is 22.3 Å². The molecule has 6 heteroatoms. The molecule has 3 aromatic heterocycles. The lowest BCUT2D eigenvalue weighted by Gasteiger charge is -2.05. The van der Waals surface area contributed by atoms with E-state index in [4.69, 9.17) is 9.97 Å². The van der Waals surface area contributed by atoms with Crippen LogP contribution >= 0.6 is 24.4 Å². The second-order valence-corrected chi connectivity index (χ2v) is 11.5. The minimum absolute atomic E-state index is 0.852. The third-order valence-corrected chi connectivity index (χ3v) is 8.73. The molecule has 200 valence electrons. The van der Waals surface area contributed by atoms with Gasteiger partial charge in [-0.2, -0.15) is 12.6 Å². The van der Waals surface area contributed by atoms with Gasteiger partial charge in [0.1, 0.15) is 0 Å². The largest absolute Gasteiger partial charge is 0.355 e. The second-order valence-electron chi connectivity index (χ2n) is 9.97. The average Bonchev–Trinajstić information content (AvgIpc) is 3.83. The van der Waals surface area contributed by atoms with Gasteiger partial charge < -0.3 is 9.97 Å². The van der Waals surface area contributed by atoms with E-state index >= 15 is 0 Å². The Bertz CT molecular complexity index is 1910. The minimum Gasteiger partial charge on any atom is -0.355 e. The zero-order chi connectivity index (χ0) is 27.6. The van der Waals surface area contributed by atoms with E-state index in [1.807, 2.05) is 23.9 Å². The van der Waals surface area contributed by atoms with Crippen molar-refractivity contribution < 1.29 is 0 Å². The Morgan fingerprint density at radius 3 is 1.95 bits per heavy atom. The number of fused-ring (bicyclic) bond motifs is 8. The van der Waals surface area contributed by atoms with E-state index in [1.165, 1.54) is 0 Å². The van der Waals surface area contributed by atoms with Crippen LogP contribution < -0.4 is 0 Å². The van der Waals surface area contributed by atoms with Crippen LogP contribution in [-0.4, -0.2) is 31.4 Å². The van der Waals surface area contributed by atoms with Crippen molar-refractivity contribution in [1.82, 2.24) is 19.9 Å². The van der Waals surface area contributed by atoms with E-state index in [0.29, 0.717) is 0 Å². The molecule has 5 aromatic rings. The molecule has 4 nitrogen and oxygen atoms in total. The summed E-state index contributed by atoms with van der Waals surface area (Å²) in [5.74, 6) is 1.81. The molecule has 5 heterocycles. The number of benzene rings is 2. The van der Waals surface area contributed by atoms with E-state index in [0.717, 1.165) is 89.9 Å². The molecule has 41 heavy (non-hydrogen) atoms. The Hall–Kier alpha value is -4.26. The van der Waals surface area contributed by atoms with Gasteiger partial charge >= 0.3 is 0 Å². The topological polar surface area (TPSA) is 57.4 Å². The Morgan fingerprint density at radius 1 is 0.610 bits per heavy atom. The molecule has 0 spiro atoms. The number of hydrogen-bond acceptors (Lipinski definition) is 4. The van der Waals surface area contributed by atoms with Gasteiger partial charge in [-0.05, 0) is 83.7 Å². The molecule has 0 atom stereocenters. The highest BCUT2D eigenvalue weighted by molar-refractivity contribution is 7.99. The van der Waals surface area contributed by atoms with Gasteiger partial charge in [-0.25, -0.2) is 9.97 Å². The van der Waals surface area contributed by atoms with E-state index < -0.39 is 0 Å². The molecule has 0 amide bonds. The van der Waals surface area contributed by atoms with Gasteiger partial charge in [0.2, 0.25) is 0 Å². The third-order valence-electron chi connectivity index (χ3n) is 7.20. The van der Waals surface area contributed by atoms with E-state index in [9.17, 15) is 0 Å². The van der Waals surface area contributed by atoms with Gasteiger partial charge in [-0.1, -0.05) is 60.7 Å². The highest BCUT2D eigenvalue weighted by Crippen LogP contribution is 2.35. The molecule has 7 rings (SSSR count). The molecule has 2 N–H and O–H groups in total. The van der Waals surface area contributed by atoms with E-state index in [-0.39, 0.29) is 0 Å². The number of H-pyrrole nitrogens is 2. The fraction of sp³-hybridized carbons (Fsp3) is 0.0857. The molecule has 0 saturated carbocycles. The predicted octanol–water partition coefficient (Wildman–Crippen LogP) is 9.40. The Morgan fingerprint density at radius 2 is 1.22 bits per heavy atom. The van der Waals surface area contributed by atoms with Crippen molar-refractivity contribution in [2.45, 2.75) is 11.3 Å². The highest BCUT2D eigenvalue weighted by atomic mass is 32.2. The number of thiol groups is 1. The minimum atomic E-state index is 0.852. The van der Waals surface area contributed by atoms with Gasteiger partial charge in [-0.15, -0.1) is 11.8 Å². The zero-order valence-electron chi connectivity index (χ0n) is 22.3. The lowest BCUT2D eigenvalue weighted by atomic mass is 10.0. The summed E-state index contributed by atoms with van der Waals surface area (Å²) in [5.41, 5.74) is 12.2. The van der Waals surface area contributed by atoms with Crippen LogP contribution in [0, 0.1) is 0 Å². The van der Waals surface area contributed by atoms with Crippen LogP contribution in [0.5, 0.6) is 0 Å². The summed E-state index contributed by atoms with van der Waals surface area (Å²) in [6, 6.07) is 31.6. The lowest BCUT2D eigenvalue weighted by Crippen LogP contribution is -1.88. The first-order chi connectivity index (χ1) is 20.3. The number of nitrogens with one attached hydrogen (secondary N) is 2. The normalized spacial score (nSPS) is 12.2. The fourth-order valence-corrected chi connectivity index (χ4v) is 6.72. The molecule has 0 saturated heterocycles. The van der Waals surface area contributed by atoms with Crippen molar-refractivity contribution in [1.29, 1.82) is 0 Å². The molecule has 2 aliphatic heterocycles. The number of rotatable bonds is 6. The quantitative estimate of drug-likeness (QED) is 0.106. The van der Waals surface area contributed by atoms with Crippen LogP contribution in [0.25, 0.3) is 68.6 Å². The Balaban J connectivity index is 1.59. The lowest BCUT2D eigenvalue weighted by molar-refractivity contribution is 1.12. The summed E-state index contributed by atoms with van der Waals surface area (Å²) in [6.45, 7) is 0. The standard InChI is InChI=1S/C35H28N4S2/c40-20-7-21-41-35-31-18-16-29(38-31)33(23-8-3-1-4-9-23)27-14-12-25(36-27)22-26-13-15-28(37-26)34(24-10-5-2-6-11-24)30-17-19-32(35)39-30/h1-6,8-19,22,36,39-40H,7,20-21H2. The van der Waals surface area contributed by atoms with Gasteiger partial charge in [0.15, 0.2) is 0 Å². The summed E-state index contributed by atoms with van der Waals surface area (Å²) in [6.07, 6.45) is 9.48. The molecule has 2 aromatic carbocycles. The molecule has 0 unspecified atom stereocenters. The maximum atomic E-state index is 5.23.